The van der Waals surface area contributed by atoms with Gasteiger partial charge in [0, 0.05) is 32.7 Å². The largest absolute Gasteiger partial charge is 1.00 e. The van der Waals surface area contributed by atoms with Crippen LogP contribution in [-0.2, 0) is 24.0 Å². The molecule has 1 aliphatic heterocycles. The van der Waals surface area contributed by atoms with E-state index in [0.29, 0.717) is 0 Å². The fourth-order valence-corrected chi connectivity index (χ4v) is 1.83. The van der Waals surface area contributed by atoms with Crippen molar-refractivity contribution in [2.45, 2.75) is 0 Å². The number of carbonyl (C=O) groups excluding carboxylic acids is 5. The van der Waals surface area contributed by atoms with Crippen molar-refractivity contribution in [1.29, 1.82) is 0 Å². The van der Waals surface area contributed by atoms with Crippen molar-refractivity contribution in [2.75, 3.05) is 45.8 Å². The zero-order valence-corrected chi connectivity index (χ0v) is 23.0. The smallest absolute Gasteiger partial charge is 0.549 e. The number of nitrogens with zero attached hydrogens (tertiary/aromatic N) is 2. The second-order valence-corrected chi connectivity index (χ2v) is 5.16. The molecule has 0 spiro atoms. The van der Waals surface area contributed by atoms with E-state index in [9.17, 15) is 44.1 Å². The predicted octanol–water partition coefficient (Wildman–Crippen LogP) is -16.2. The van der Waals surface area contributed by atoms with Crippen LogP contribution in [0.4, 0.5) is 4.79 Å². The second-order valence-electron chi connectivity index (χ2n) is 5.16. The number of imide groups is 1. The number of urea groups is 1. The van der Waals surface area contributed by atoms with E-state index in [-0.39, 0.29) is 114 Å². The molecule has 0 atom stereocenters. The molecular weight excluding hydrogens is 441 g/mol. The first-order valence-electron chi connectivity index (χ1n) is 7.33. The average molecular weight is 458 g/mol. The minimum absolute atomic E-state index is 0. The quantitative estimate of drug-likeness (QED) is 0.194. The minimum atomic E-state index is -1.52. The number of aliphatic carboxylic acids is 4. The first-order chi connectivity index (χ1) is 12.5. The Morgan fingerprint density at radius 2 is 1.17 bits per heavy atom. The fourth-order valence-electron chi connectivity index (χ4n) is 1.83. The molecule has 0 saturated carbocycles. The summed E-state index contributed by atoms with van der Waals surface area (Å²) in [4.78, 5) is 63.7. The predicted molar refractivity (Wildman–Crippen MR) is 77.1 cm³/mol. The Labute approximate surface area is 237 Å². The average Bonchev–Trinajstić information content (AvgIpc) is 2.86. The number of rotatable bonds is 11. The van der Waals surface area contributed by atoms with Crippen LogP contribution in [0, 0.1) is 0 Å². The maximum Gasteiger partial charge on any atom is 1.00 e. The maximum atomic E-state index is 10.5. The summed E-state index contributed by atoms with van der Waals surface area (Å²) in [5.41, 5.74) is 0. The van der Waals surface area contributed by atoms with Gasteiger partial charge in [-0.25, -0.2) is 4.79 Å². The molecule has 1 rings (SSSR count). The van der Waals surface area contributed by atoms with Gasteiger partial charge in [0.1, 0.15) is 0 Å². The molecule has 0 aromatic heterocycles. The number of amides is 3. The molecule has 1 heterocycles. The van der Waals surface area contributed by atoms with Gasteiger partial charge >= 0.3 is 101 Å². The monoisotopic (exact) mass is 458 g/mol. The van der Waals surface area contributed by atoms with Crippen LogP contribution in [0.5, 0.6) is 0 Å². The van der Waals surface area contributed by atoms with Crippen molar-refractivity contribution in [3.63, 3.8) is 0 Å². The topological polar surface area (TPSA) is 222 Å². The van der Waals surface area contributed by atoms with E-state index in [1.807, 2.05) is 5.32 Å². The molecule has 0 aromatic carbocycles. The maximum absolute atomic E-state index is 10.5. The summed E-state index contributed by atoms with van der Waals surface area (Å²) in [5, 5.41) is 44.1. The molecule has 0 aromatic rings. The zero-order valence-electron chi connectivity index (χ0n) is 17.0. The van der Waals surface area contributed by atoms with Gasteiger partial charge in [0.25, 0.3) is 0 Å². The minimum Gasteiger partial charge on any atom is -0.549 e. The van der Waals surface area contributed by atoms with Crippen LogP contribution in [0.3, 0.4) is 0 Å². The first-order valence-corrected chi connectivity index (χ1v) is 7.33. The van der Waals surface area contributed by atoms with Gasteiger partial charge in [-0.15, -0.1) is 0 Å². The number of carboxylic acid groups (broad SMARTS) is 4. The number of carbonyl (C=O) groups is 6. The van der Waals surface area contributed by atoms with Gasteiger partial charge in [0.15, 0.2) is 0 Å². The Morgan fingerprint density at radius 1 is 0.800 bits per heavy atom. The first kappa shape index (κ1) is 37.1. The van der Waals surface area contributed by atoms with Crippen LogP contribution in [-0.4, -0.2) is 96.5 Å². The van der Waals surface area contributed by atoms with Crippen LogP contribution in [0.15, 0.2) is 0 Å². The van der Waals surface area contributed by atoms with Crippen LogP contribution in [0.1, 0.15) is 0 Å². The van der Waals surface area contributed by atoms with Crippen molar-refractivity contribution >= 4 is 35.8 Å². The molecule has 14 nitrogen and oxygen atoms in total. The van der Waals surface area contributed by atoms with Crippen LogP contribution >= 0.6 is 0 Å². The summed E-state index contributed by atoms with van der Waals surface area (Å²) in [7, 11) is 0. The second kappa shape index (κ2) is 20.6. The fraction of sp³-hybridized carbons (Fsp3) is 0.538. The van der Waals surface area contributed by atoms with Gasteiger partial charge in [-0.2, -0.15) is 0 Å². The Hall–Kier alpha value is -0.260. The molecule has 0 radical (unpaired) electrons. The van der Waals surface area contributed by atoms with Crippen molar-refractivity contribution in [3.05, 3.63) is 0 Å². The van der Waals surface area contributed by atoms with Crippen LogP contribution < -0.4 is 115 Å². The molecule has 17 heteroatoms. The number of hydrogen-bond acceptors (Lipinski definition) is 11. The van der Waals surface area contributed by atoms with Gasteiger partial charge in [0.2, 0.25) is 5.91 Å². The standard InChI is InChI=1S/C10H16N2O8.C3H4N2O2.3Na/c13-7(14)3-11(4-8(15)16)1-2-12(5-9(17)18)6-10(19)20;6-2-1-4-3(7)5-2;;;/h1-6H2,(H,13,14)(H,15,16)(H,17,18)(H,19,20);1H2,(H2,4,5,6,7);;;/q;;3*+1/p-3. The molecule has 30 heavy (non-hydrogen) atoms. The van der Waals surface area contributed by atoms with E-state index >= 15 is 0 Å². The summed E-state index contributed by atoms with van der Waals surface area (Å²) in [6.07, 6.45) is 0. The Bertz CT molecular complexity index is 526. The third-order valence-electron chi connectivity index (χ3n) is 2.81. The molecule has 0 unspecified atom stereocenters. The van der Waals surface area contributed by atoms with Crippen LogP contribution in [0.25, 0.3) is 0 Å². The molecule has 1 saturated heterocycles. The molecule has 3 amide bonds. The zero-order chi connectivity index (χ0) is 21.0. The molecule has 3 N–H and O–H groups in total. The van der Waals surface area contributed by atoms with Gasteiger partial charge < -0.3 is 40.1 Å². The number of carboxylic acids is 4. The van der Waals surface area contributed by atoms with Gasteiger partial charge in [-0.05, 0) is 0 Å². The van der Waals surface area contributed by atoms with Crippen LogP contribution in [0.2, 0.25) is 0 Å². The Kier molecular flexibility index (Phi) is 25.5. The summed E-state index contributed by atoms with van der Waals surface area (Å²) in [6, 6.07) is -0.398. The Morgan fingerprint density at radius 3 is 1.37 bits per heavy atom. The molecule has 1 fully saturated rings. The van der Waals surface area contributed by atoms with E-state index in [1.54, 1.807) is 0 Å². The summed E-state index contributed by atoms with van der Waals surface area (Å²) >= 11 is 0. The Balaban J connectivity index is -0.000000287. The summed E-state index contributed by atoms with van der Waals surface area (Å²) in [5.74, 6) is -6.08. The van der Waals surface area contributed by atoms with Gasteiger partial charge in [0.05, 0.1) is 31.0 Å². The van der Waals surface area contributed by atoms with Crippen molar-refractivity contribution < 1.29 is 138 Å². The SMILES string of the molecule is O=C([O-])CN(CCN(CC(=O)[O-])CC(=O)O)CC(=O)[O-].O=C1CNC(=O)N1.[Na+].[Na+].[Na+]. The van der Waals surface area contributed by atoms with E-state index < -0.39 is 56.1 Å². The summed E-state index contributed by atoms with van der Waals surface area (Å²) in [6.45, 7) is -2.88. The molecule has 0 aliphatic carbocycles. The third kappa shape index (κ3) is 22.4. The summed E-state index contributed by atoms with van der Waals surface area (Å²) < 4.78 is 0. The van der Waals surface area contributed by atoms with E-state index in [2.05, 4.69) is 5.32 Å². The van der Waals surface area contributed by atoms with E-state index in [1.165, 1.54) is 0 Å². The molecule has 0 bridgehead atoms. The third-order valence-corrected chi connectivity index (χ3v) is 2.81. The van der Waals surface area contributed by atoms with E-state index in [0.717, 1.165) is 9.80 Å². The van der Waals surface area contributed by atoms with Crippen molar-refractivity contribution in [3.8, 4) is 0 Å². The number of nitrogens with one attached hydrogen (secondary N) is 2. The van der Waals surface area contributed by atoms with E-state index in [4.69, 9.17) is 5.11 Å². The number of hydrogen-bond donors (Lipinski definition) is 3. The van der Waals surface area contributed by atoms with Gasteiger partial charge in [-0.1, -0.05) is 0 Å². The molecular formula is C13H17N4Na3O10. The van der Waals surface area contributed by atoms with Crippen molar-refractivity contribution in [2.24, 2.45) is 0 Å². The van der Waals surface area contributed by atoms with Gasteiger partial charge in [-0.3, -0.25) is 24.7 Å². The van der Waals surface area contributed by atoms with Crippen molar-refractivity contribution in [1.82, 2.24) is 20.4 Å². The normalized spacial score (nSPS) is 11.5. The molecule has 152 valence electrons. The molecule has 1 aliphatic rings.